The molecule has 0 aliphatic carbocycles. The number of carbonyl (C=O) groups excluding carboxylic acids is 1. The number of para-hydroxylation sites is 1. The fraction of sp³-hybridized carbons (Fsp3) is 0.188. The normalized spacial score (nSPS) is 11.2. The average molecular weight is 332 g/mol. The Bertz CT molecular complexity index is 780. The van der Waals surface area contributed by atoms with Crippen LogP contribution >= 0.6 is 11.3 Å². The molecule has 0 radical (unpaired) electrons. The molecule has 1 heterocycles. The van der Waals surface area contributed by atoms with Crippen LogP contribution in [-0.4, -0.2) is 29.1 Å². The first kappa shape index (κ1) is 16.7. The number of ether oxygens (including phenoxy) is 1. The minimum Gasteiger partial charge on any atom is -0.496 e. The van der Waals surface area contributed by atoms with Gasteiger partial charge in [0.1, 0.15) is 16.3 Å². The number of thiazole rings is 1. The van der Waals surface area contributed by atoms with Gasteiger partial charge in [-0.05, 0) is 26.0 Å². The SMILES string of the molecule is COc1ccccc1C=C(NC(=O)c1sc(C)nc1C)C(=O)O. The molecule has 0 unspecified atom stereocenters. The topological polar surface area (TPSA) is 88.5 Å². The maximum absolute atomic E-state index is 12.3. The highest BCUT2D eigenvalue weighted by molar-refractivity contribution is 7.13. The number of hydrogen-bond donors (Lipinski definition) is 2. The monoisotopic (exact) mass is 332 g/mol. The van der Waals surface area contributed by atoms with E-state index in [2.05, 4.69) is 10.3 Å². The summed E-state index contributed by atoms with van der Waals surface area (Å²) < 4.78 is 5.18. The summed E-state index contributed by atoms with van der Waals surface area (Å²) in [4.78, 5) is 28.3. The van der Waals surface area contributed by atoms with Crippen molar-refractivity contribution in [2.45, 2.75) is 13.8 Å². The van der Waals surface area contributed by atoms with E-state index in [0.717, 1.165) is 5.01 Å². The number of nitrogens with zero attached hydrogens (tertiary/aromatic N) is 1. The molecule has 0 bridgehead atoms. The highest BCUT2D eigenvalue weighted by Crippen LogP contribution is 2.21. The van der Waals surface area contributed by atoms with E-state index in [1.165, 1.54) is 24.5 Å². The molecule has 0 saturated carbocycles. The van der Waals surface area contributed by atoms with Crippen molar-refractivity contribution in [3.05, 3.63) is 51.1 Å². The number of carbonyl (C=O) groups is 2. The van der Waals surface area contributed by atoms with Gasteiger partial charge in [0.25, 0.3) is 5.91 Å². The zero-order valence-corrected chi connectivity index (χ0v) is 13.7. The lowest BCUT2D eigenvalue weighted by atomic mass is 10.1. The van der Waals surface area contributed by atoms with E-state index < -0.39 is 11.9 Å². The van der Waals surface area contributed by atoms with Crippen LogP contribution in [-0.2, 0) is 4.79 Å². The van der Waals surface area contributed by atoms with Crippen LogP contribution in [0.4, 0.5) is 0 Å². The highest BCUT2D eigenvalue weighted by atomic mass is 32.1. The Balaban J connectivity index is 2.32. The van der Waals surface area contributed by atoms with Gasteiger partial charge in [-0.25, -0.2) is 9.78 Å². The van der Waals surface area contributed by atoms with Crippen LogP contribution < -0.4 is 10.1 Å². The second-order valence-electron chi connectivity index (χ2n) is 4.71. The average Bonchev–Trinajstić information content (AvgIpc) is 2.85. The number of amides is 1. The lowest BCUT2D eigenvalue weighted by molar-refractivity contribution is -0.132. The first-order valence-corrected chi connectivity index (χ1v) is 7.57. The molecule has 2 aromatic rings. The number of nitrogens with one attached hydrogen (secondary N) is 1. The van der Waals surface area contributed by atoms with E-state index in [9.17, 15) is 14.7 Å². The van der Waals surface area contributed by atoms with Crippen molar-refractivity contribution < 1.29 is 19.4 Å². The largest absolute Gasteiger partial charge is 0.496 e. The Morgan fingerprint density at radius 2 is 2.00 bits per heavy atom. The lowest BCUT2D eigenvalue weighted by Crippen LogP contribution is -2.27. The molecular weight excluding hydrogens is 316 g/mol. The summed E-state index contributed by atoms with van der Waals surface area (Å²) in [6.45, 7) is 3.50. The van der Waals surface area contributed by atoms with Crippen molar-refractivity contribution in [2.75, 3.05) is 7.11 Å². The smallest absolute Gasteiger partial charge is 0.352 e. The minimum atomic E-state index is -1.23. The molecule has 2 rings (SSSR count). The molecule has 0 spiro atoms. The Morgan fingerprint density at radius 3 is 2.57 bits per heavy atom. The Kier molecular flexibility index (Phi) is 5.13. The summed E-state index contributed by atoms with van der Waals surface area (Å²) >= 11 is 1.22. The van der Waals surface area contributed by atoms with E-state index in [-0.39, 0.29) is 5.70 Å². The highest BCUT2D eigenvalue weighted by Gasteiger charge is 2.18. The van der Waals surface area contributed by atoms with E-state index >= 15 is 0 Å². The van der Waals surface area contributed by atoms with Crippen LogP contribution in [0.3, 0.4) is 0 Å². The van der Waals surface area contributed by atoms with Crippen LogP contribution in [0.1, 0.15) is 25.9 Å². The number of carboxylic acids is 1. The summed E-state index contributed by atoms with van der Waals surface area (Å²) in [6.07, 6.45) is 1.36. The van der Waals surface area contributed by atoms with Crippen LogP contribution in [0.2, 0.25) is 0 Å². The van der Waals surface area contributed by atoms with Gasteiger partial charge in [0, 0.05) is 5.56 Å². The molecule has 0 aliphatic heterocycles. The van der Waals surface area contributed by atoms with E-state index in [4.69, 9.17) is 4.74 Å². The van der Waals surface area contributed by atoms with Gasteiger partial charge in [-0.2, -0.15) is 0 Å². The third-order valence-corrected chi connectivity index (χ3v) is 4.10. The number of aliphatic carboxylic acids is 1. The number of methoxy groups -OCH3 is 1. The van der Waals surface area contributed by atoms with Gasteiger partial charge in [0.05, 0.1) is 17.8 Å². The number of rotatable bonds is 5. The van der Waals surface area contributed by atoms with E-state index in [1.807, 2.05) is 0 Å². The van der Waals surface area contributed by atoms with E-state index in [0.29, 0.717) is 21.9 Å². The molecule has 1 amide bonds. The van der Waals surface area contributed by atoms with Gasteiger partial charge >= 0.3 is 5.97 Å². The van der Waals surface area contributed by atoms with Crippen molar-refractivity contribution in [3.63, 3.8) is 0 Å². The molecule has 1 aromatic carbocycles. The van der Waals surface area contributed by atoms with E-state index in [1.54, 1.807) is 38.1 Å². The van der Waals surface area contributed by atoms with Crippen molar-refractivity contribution in [3.8, 4) is 5.75 Å². The van der Waals surface area contributed by atoms with Gasteiger partial charge < -0.3 is 15.2 Å². The molecule has 2 N–H and O–H groups in total. The molecule has 0 aliphatic rings. The fourth-order valence-corrected chi connectivity index (χ4v) is 2.83. The molecule has 6 nitrogen and oxygen atoms in total. The van der Waals surface area contributed by atoms with Crippen LogP contribution in [0.25, 0.3) is 6.08 Å². The minimum absolute atomic E-state index is 0.232. The number of hydrogen-bond acceptors (Lipinski definition) is 5. The second kappa shape index (κ2) is 7.06. The zero-order valence-electron chi connectivity index (χ0n) is 12.9. The number of benzene rings is 1. The van der Waals surface area contributed by atoms with Gasteiger partial charge in [-0.15, -0.1) is 11.3 Å². The fourth-order valence-electron chi connectivity index (χ4n) is 2.01. The maximum atomic E-state index is 12.3. The third kappa shape index (κ3) is 3.95. The van der Waals surface area contributed by atoms with Gasteiger partial charge in [-0.3, -0.25) is 4.79 Å². The zero-order chi connectivity index (χ0) is 17.0. The maximum Gasteiger partial charge on any atom is 0.352 e. The summed E-state index contributed by atoms with van der Waals surface area (Å²) in [6, 6.07) is 6.95. The van der Waals surface area contributed by atoms with Gasteiger partial charge in [0.2, 0.25) is 0 Å². The molecule has 1 aromatic heterocycles. The lowest BCUT2D eigenvalue weighted by Gasteiger charge is -2.08. The number of aromatic nitrogens is 1. The molecule has 23 heavy (non-hydrogen) atoms. The Hall–Kier alpha value is -2.67. The van der Waals surface area contributed by atoms with Crippen LogP contribution in [0, 0.1) is 13.8 Å². The van der Waals surface area contributed by atoms with Crippen molar-refractivity contribution in [1.82, 2.24) is 10.3 Å². The number of aryl methyl sites for hydroxylation is 2. The summed E-state index contributed by atoms with van der Waals surface area (Å²) in [7, 11) is 1.50. The number of carboxylic acid groups (broad SMARTS) is 1. The van der Waals surface area contributed by atoms with Crippen molar-refractivity contribution >= 4 is 29.3 Å². The first-order valence-electron chi connectivity index (χ1n) is 6.75. The van der Waals surface area contributed by atoms with Crippen molar-refractivity contribution in [2.24, 2.45) is 0 Å². The molecule has 0 fully saturated rings. The Morgan fingerprint density at radius 1 is 1.30 bits per heavy atom. The quantitative estimate of drug-likeness (QED) is 0.822. The molecule has 7 heteroatoms. The first-order chi connectivity index (χ1) is 10.9. The molecule has 0 atom stereocenters. The standard InChI is InChI=1S/C16H16N2O4S/c1-9-14(23-10(2)17-9)15(19)18-12(16(20)21)8-11-6-4-5-7-13(11)22-3/h4-8H,1-3H3,(H,18,19)(H,20,21). The van der Waals surface area contributed by atoms with Gasteiger partial charge in [-0.1, -0.05) is 18.2 Å². The summed E-state index contributed by atoms with van der Waals surface area (Å²) in [5, 5.41) is 12.5. The predicted octanol–water partition coefficient (Wildman–Crippen LogP) is 2.62. The van der Waals surface area contributed by atoms with Crippen LogP contribution in [0.5, 0.6) is 5.75 Å². The predicted molar refractivity (Wildman–Crippen MR) is 87.7 cm³/mol. The van der Waals surface area contributed by atoms with Gasteiger partial charge in [0.15, 0.2) is 0 Å². The molecule has 0 saturated heterocycles. The Labute approximate surface area is 137 Å². The molecule has 120 valence electrons. The summed E-state index contributed by atoms with van der Waals surface area (Å²) in [5.74, 6) is -1.20. The molecular formula is C16H16N2O4S. The second-order valence-corrected chi connectivity index (χ2v) is 5.91. The summed E-state index contributed by atoms with van der Waals surface area (Å²) in [5.41, 5.74) is 0.905. The van der Waals surface area contributed by atoms with Crippen LogP contribution in [0.15, 0.2) is 30.0 Å². The third-order valence-electron chi connectivity index (χ3n) is 3.03. The van der Waals surface area contributed by atoms with Crippen molar-refractivity contribution in [1.29, 1.82) is 0 Å².